The van der Waals surface area contributed by atoms with E-state index in [0.29, 0.717) is 5.41 Å². The molecule has 0 nitrogen and oxygen atoms in total. The molecular formula is C12H24. The summed E-state index contributed by atoms with van der Waals surface area (Å²) in [6.07, 6.45) is 5.74. The van der Waals surface area contributed by atoms with E-state index in [2.05, 4.69) is 34.6 Å². The van der Waals surface area contributed by atoms with Gasteiger partial charge in [-0.1, -0.05) is 34.6 Å². The van der Waals surface area contributed by atoms with Gasteiger partial charge in [-0.25, -0.2) is 0 Å². The molecule has 0 saturated heterocycles. The van der Waals surface area contributed by atoms with E-state index in [1.54, 1.807) is 0 Å². The summed E-state index contributed by atoms with van der Waals surface area (Å²) in [4.78, 5) is 0. The molecule has 0 aromatic carbocycles. The Bertz CT molecular complexity index is 146. The van der Waals surface area contributed by atoms with Gasteiger partial charge in [-0.05, 0) is 42.4 Å². The van der Waals surface area contributed by atoms with Gasteiger partial charge in [0, 0.05) is 0 Å². The Hall–Kier alpha value is 0. The van der Waals surface area contributed by atoms with E-state index in [0.717, 1.165) is 11.3 Å². The van der Waals surface area contributed by atoms with Crippen LogP contribution in [-0.4, -0.2) is 0 Å². The van der Waals surface area contributed by atoms with Crippen LogP contribution in [0, 0.1) is 16.7 Å². The third-order valence-electron chi connectivity index (χ3n) is 3.56. The van der Waals surface area contributed by atoms with Crippen LogP contribution in [0.3, 0.4) is 0 Å². The monoisotopic (exact) mass is 168 g/mol. The third-order valence-corrected chi connectivity index (χ3v) is 3.56. The Balaban J connectivity index is 2.23. The minimum Gasteiger partial charge on any atom is -0.0620 e. The first kappa shape index (κ1) is 10.1. The topological polar surface area (TPSA) is 0 Å². The second kappa shape index (κ2) is 3.05. The van der Waals surface area contributed by atoms with Gasteiger partial charge in [-0.2, -0.15) is 0 Å². The average Bonchev–Trinajstić information content (AvgIpc) is 2.62. The molecule has 0 bridgehead atoms. The molecule has 0 heterocycles. The zero-order chi connectivity index (χ0) is 9.41. The highest BCUT2D eigenvalue weighted by molar-refractivity contribution is 4.92. The average molecular weight is 168 g/mol. The number of hydrogen-bond donors (Lipinski definition) is 0. The van der Waals surface area contributed by atoms with Crippen molar-refractivity contribution in [2.24, 2.45) is 16.7 Å². The fourth-order valence-corrected chi connectivity index (χ4v) is 1.69. The van der Waals surface area contributed by atoms with Crippen LogP contribution >= 0.6 is 0 Å². The van der Waals surface area contributed by atoms with E-state index in [4.69, 9.17) is 0 Å². The molecule has 0 heteroatoms. The predicted molar refractivity (Wildman–Crippen MR) is 55.2 cm³/mol. The molecule has 1 saturated carbocycles. The van der Waals surface area contributed by atoms with Crippen LogP contribution in [0.15, 0.2) is 0 Å². The van der Waals surface area contributed by atoms with Crippen molar-refractivity contribution in [2.75, 3.05) is 0 Å². The molecule has 12 heavy (non-hydrogen) atoms. The van der Waals surface area contributed by atoms with Crippen molar-refractivity contribution in [3.05, 3.63) is 0 Å². The fraction of sp³-hybridized carbons (Fsp3) is 1.00. The Morgan fingerprint density at radius 3 is 2.08 bits per heavy atom. The van der Waals surface area contributed by atoms with Gasteiger partial charge in [0.05, 0.1) is 0 Å². The van der Waals surface area contributed by atoms with Crippen molar-refractivity contribution in [1.82, 2.24) is 0 Å². The highest BCUT2D eigenvalue weighted by atomic mass is 14.5. The SMILES string of the molecule is CC(CCC(C)(C)C)C1(C)CC1. The lowest BCUT2D eigenvalue weighted by Gasteiger charge is -2.24. The Labute approximate surface area is 77.7 Å². The maximum absolute atomic E-state index is 2.44. The first-order valence-corrected chi connectivity index (χ1v) is 5.33. The lowest BCUT2D eigenvalue weighted by atomic mass is 9.82. The maximum atomic E-state index is 2.44. The van der Waals surface area contributed by atoms with Gasteiger partial charge in [0.15, 0.2) is 0 Å². The van der Waals surface area contributed by atoms with E-state index in [1.807, 2.05) is 0 Å². The van der Waals surface area contributed by atoms with Gasteiger partial charge in [0.1, 0.15) is 0 Å². The molecule has 0 aromatic heterocycles. The highest BCUT2D eigenvalue weighted by Crippen LogP contribution is 2.53. The Morgan fingerprint density at radius 1 is 1.25 bits per heavy atom. The van der Waals surface area contributed by atoms with Gasteiger partial charge < -0.3 is 0 Å². The largest absolute Gasteiger partial charge is 0.0620 e. The molecule has 1 aliphatic carbocycles. The quantitative estimate of drug-likeness (QED) is 0.591. The molecule has 72 valence electrons. The van der Waals surface area contributed by atoms with E-state index < -0.39 is 0 Å². The molecule has 1 rings (SSSR count). The second-order valence-corrected chi connectivity index (χ2v) is 6.15. The molecular weight excluding hydrogens is 144 g/mol. The smallest absolute Gasteiger partial charge is 0.0300 e. The van der Waals surface area contributed by atoms with Gasteiger partial charge in [0.2, 0.25) is 0 Å². The zero-order valence-electron chi connectivity index (χ0n) is 9.41. The van der Waals surface area contributed by atoms with Crippen LogP contribution in [0.4, 0.5) is 0 Å². The van der Waals surface area contributed by atoms with Crippen molar-refractivity contribution in [2.45, 2.75) is 60.3 Å². The molecule has 1 atom stereocenters. The Morgan fingerprint density at radius 2 is 1.75 bits per heavy atom. The normalized spacial score (nSPS) is 23.8. The lowest BCUT2D eigenvalue weighted by molar-refractivity contribution is 0.271. The van der Waals surface area contributed by atoms with Crippen molar-refractivity contribution in [1.29, 1.82) is 0 Å². The molecule has 0 spiro atoms. The summed E-state index contributed by atoms with van der Waals surface area (Å²) in [5, 5.41) is 0. The standard InChI is InChI=1S/C12H24/c1-10(12(5)8-9-12)6-7-11(2,3)4/h10H,6-9H2,1-5H3. The minimum absolute atomic E-state index is 0.527. The first-order chi connectivity index (χ1) is 5.33. The summed E-state index contributed by atoms with van der Waals surface area (Å²) in [5.41, 5.74) is 1.25. The van der Waals surface area contributed by atoms with Crippen LogP contribution in [0.25, 0.3) is 0 Å². The maximum Gasteiger partial charge on any atom is -0.0300 e. The molecule has 0 aromatic rings. The molecule has 0 radical (unpaired) electrons. The summed E-state index contributed by atoms with van der Waals surface area (Å²) in [6, 6.07) is 0. The van der Waals surface area contributed by atoms with Crippen LogP contribution in [0.2, 0.25) is 0 Å². The summed E-state index contributed by atoms with van der Waals surface area (Å²) in [6.45, 7) is 11.9. The molecule has 1 fully saturated rings. The second-order valence-electron chi connectivity index (χ2n) is 6.15. The molecule has 0 aliphatic heterocycles. The summed E-state index contributed by atoms with van der Waals surface area (Å²) < 4.78 is 0. The van der Waals surface area contributed by atoms with E-state index >= 15 is 0 Å². The van der Waals surface area contributed by atoms with E-state index in [9.17, 15) is 0 Å². The van der Waals surface area contributed by atoms with Crippen molar-refractivity contribution in [3.8, 4) is 0 Å². The molecule has 1 unspecified atom stereocenters. The molecule has 0 amide bonds. The van der Waals surface area contributed by atoms with Crippen LogP contribution in [-0.2, 0) is 0 Å². The van der Waals surface area contributed by atoms with Crippen LogP contribution in [0.1, 0.15) is 60.3 Å². The van der Waals surface area contributed by atoms with Gasteiger partial charge >= 0.3 is 0 Å². The van der Waals surface area contributed by atoms with E-state index in [-0.39, 0.29) is 0 Å². The van der Waals surface area contributed by atoms with Gasteiger partial charge in [0.25, 0.3) is 0 Å². The van der Waals surface area contributed by atoms with Crippen LogP contribution < -0.4 is 0 Å². The predicted octanol–water partition coefficient (Wildman–Crippen LogP) is 4.25. The Kier molecular flexibility index (Phi) is 2.56. The van der Waals surface area contributed by atoms with Gasteiger partial charge in [-0.15, -0.1) is 0 Å². The zero-order valence-corrected chi connectivity index (χ0v) is 9.41. The summed E-state index contributed by atoms with van der Waals surface area (Å²) in [5.74, 6) is 0.941. The number of rotatable bonds is 3. The van der Waals surface area contributed by atoms with Gasteiger partial charge in [-0.3, -0.25) is 0 Å². The van der Waals surface area contributed by atoms with Crippen molar-refractivity contribution in [3.63, 3.8) is 0 Å². The first-order valence-electron chi connectivity index (χ1n) is 5.33. The third kappa shape index (κ3) is 2.80. The minimum atomic E-state index is 0.527. The fourth-order valence-electron chi connectivity index (χ4n) is 1.69. The van der Waals surface area contributed by atoms with Crippen LogP contribution in [0.5, 0.6) is 0 Å². The van der Waals surface area contributed by atoms with E-state index in [1.165, 1.54) is 25.7 Å². The molecule has 0 N–H and O–H groups in total. The molecule has 1 aliphatic rings. The lowest BCUT2D eigenvalue weighted by Crippen LogP contribution is -2.13. The van der Waals surface area contributed by atoms with Crippen molar-refractivity contribution < 1.29 is 0 Å². The number of hydrogen-bond acceptors (Lipinski definition) is 0. The van der Waals surface area contributed by atoms with Crippen molar-refractivity contribution >= 4 is 0 Å². The summed E-state index contributed by atoms with van der Waals surface area (Å²) >= 11 is 0. The highest BCUT2D eigenvalue weighted by Gasteiger charge is 2.42. The summed E-state index contributed by atoms with van der Waals surface area (Å²) in [7, 11) is 0.